The third-order valence-corrected chi connectivity index (χ3v) is 4.47. The number of hydrogen-bond donors (Lipinski definition) is 1. The number of carbonyl (C=O) groups is 1. The Morgan fingerprint density at radius 2 is 1.73 bits per heavy atom. The predicted molar refractivity (Wildman–Crippen MR) is 95.2 cm³/mol. The van der Waals surface area contributed by atoms with E-state index in [1.165, 1.54) is 0 Å². The summed E-state index contributed by atoms with van der Waals surface area (Å²) >= 11 is 0. The largest absolute Gasteiger partial charge is 0.497 e. The summed E-state index contributed by atoms with van der Waals surface area (Å²) in [5, 5.41) is 3.39. The van der Waals surface area contributed by atoms with Crippen LogP contribution in [0.15, 0.2) is 24.3 Å². The monoisotopic (exact) mass is 365 g/mol. The number of nitrogens with one attached hydrogen (secondary N) is 1. The Morgan fingerprint density at radius 3 is 2.31 bits per heavy atom. The Labute approximate surface area is 153 Å². The molecule has 0 spiro atoms. The maximum Gasteiger partial charge on any atom is 0.189 e. The smallest absolute Gasteiger partial charge is 0.189 e. The lowest BCUT2D eigenvalue weighted by atomic mass is 9.99. The summed E-state index contributed by atoms with van der Waals surface area (Å²) in [7, 11) is 1.62. The van der Waals surface area contributed by atoms with E-state index in [4.69, 9.17) is 23.7 Å². The molecule has 0 aliphatic carbocycles. The minimum atomic E-state index is -0.840. The number of benzene rings is 1. The van der Waals surface area contributed by atoms with E-state index >= 15 is 0 Å². The van der Waals surface area contributed by atoms with Crippen LogP contribution in [0.25, 0.3) is 0 Å². The molecular weight excluding hydrogens is 338 g/mol. The average molecular weight is 365 g/mol. The van der Waals surface area contributed by atoms with E-state index in [2.05, 4.69) is 5.32 Å². The molecular formula is C19H27NO6. The van der Waals surface area contributed by atoms with E-state index in [1.54, 1.807) is 21.0 Å². The highest BCUT2D eigenvalue weighted by atomic mass is 16.7. The van der Waals surface area contributed by atoms with Crippen LogP contribution in [-0.2, 0) is 23.7 Å². The Balaban J connectivity index is 1.84. The average Bonchev–Trinajstić information content (AvgIpc) is 2.95. The SMILES string of the molecule is COc1ccc(N[C@H](C2COC(C)(C)O2)[C@@H]2OC(C)(C)OCC2=O)cc1. The first-order valence-electron chi connectivity index (χ1n) is 8.76. The van der Waals surface area contributed by atoms with Crippen LogP contribution in [0.1, 0.15) is 27.7 Å². The van der Waals surface area contributed by atoms with Crippen LogP contribution in [0.2, 0.25) is 0 Å². The van der Waals surface area contributed by atoms with Crippen LogP contribution in [0, 0.1) is 0 Å². The quantitative estimate of drug-likeness (QED) is 0.858. The Hall–Kier alpha value is -1.67. The molecule has 0 aromatic heterocycles. The summed E-state index contributed by atoms with van der Waals surface area (Å²) in [6.45, 7) is 7.69. The molecule has 1 N–H and O–H groups in total. The molecule has 3 atom stereocenters. The molecule has 2 fully saturated rings. The van der Waals surface area contributed by atoms with Gasteiger partial charge in [-0.15, -0.1) is 0 Å². The van der Waals surface area contributed by atoms with Crippen LogP contribution >= 0.6 is 0 Å². The molecule has 7 nitrogen and oxygen atoms in total. The fraction of sp³-hybridized carbons (Fsp3) is 0.632. The lowest BCUT2D eigenvalue weighted by molar-refractivity contribution is -0.263. The molecule has 1 aromatic rings. The summed E-state index contributed by atoms with van der Waals surface area (Å²) in [5.74, 6) is -0.904. The minimum absolute atomic E-state index is 0.00935. The van der Waals surface area contributed by atoms with Crippen molar-refractivity contribution in [1.82, 2.24) is 0 Å². The van der Waals surface area contributed by atoms with Gasteiger partial charge < -0.3 is 29.0 Å². The molecule has 2 aliphatic rings. The van der Waals surface area contributed by atoms with Gasteiger partial charge >= 0.3 is 0 Å². The number of carbonyl (C=O) groups excluding carboxylic acids is 1. The van der Waals surface area contributed by atoms with Gasteiger partial charge in [0, 0.05) is 5.69 Å². The Kier molecular flexibility index (Phi) is 5.25. The zero-order chi connectivity index (χ0) is 18.9. The third kappa shape index (κ3) is 4.35. The summed E-state index contributed by atoms with van der Waals surface area (Å²) in [4.78, 5) is 12.5. The van der Waals surface area contributed by atoms with E-state index in [-0.39, 0.29) is 18.5 Å². The second-order valence-electron chi connectivity index (χ2n) is 7.46. The summed E-state index contributed by atoms with van der Waals surface area (Å²) in [5.41, 5.74) is 0.838. The second-order valence-corrected chi connectivity index (χ2v) is 7.46. The molecule has 0 saturated carbocycles. The van der Waals surface area contributed by atoms with Gasteiger partial charge in [-0.05, 0) is 52.0 Å². The maximum absolute atomic E-state index is 12.5. The van der Waals surface area contributed by atoms with Crippen molar-refractivity contribution in [2.24, 2.45) is 0 Å². The number of methoxy groups -OCH3 is 1. The number of ketones is 1. The highest BCUT2D eigenvalue weighted by molar-refractivity contribution is 5.86. The fourth-order valence-electron chi connectivity index (χ4n) is 3.14. The first-order valence-corrected chi connectivity index (χ1v) is 8.76. The molecule has 0 amide bonds. The van der Waals surface area contributed by atoms with Gasteiger partial charge in [0.1, 0.15) is 24.6 Å². The van der Waals surface area contributed by atoms with Crippen LogP contribution in [-0.4, -0.2) is 55.9 Å². The van der Waals surface area contributed by atoms with Gasteiger partial charge in [0.2, 0.25) is 0 Å². The molecule has 1 unspecified atom stereocenters. The van der Waals surface area contributed by atoms with Crippen molar-refractivity contribution in [3.63, 3.8) is 0 Å². The van der Waals surface area contributed by atoms with Gasteiger partial charge in [-0.2, -0.15) is 0 Å². The number of rotatable bonds is 5. The maximum atomic E-state index is 12.5. The minimum Gasteiger partial charge on any atom is -0.497 e. The summed E-state index contributed by atoms with van der Waals surface area (Å²) < 4.78 is 28.3. The van der Waals surface area contributed by atoms with Crippen molar-refractivity contribution < 1.29 is 28.5 Å². The third-order valence-electron chi connectivity index (χ3n) is 4.47. The molecule has 0 radical (unpaired) electrons. The van der Waals surface area contributed by atoms with Gasteiger partial charge in [-0.3, -0.25) is 4.79 Å². The standard InChI is InChI=1S/C19H27NO6/c1-18(2)24-11-15(25-18)16(17-14(21)10-23-19(3,4)26-17)20-12-6-8-13(22-5)9-7-12/h6-9,15-17,20H,10-11H2,1-5H3/t15?,16-,17-/m1/s1. The van der Waals surface area contributed by atoms with Crippen molar-refractivity contribution in [2.75, 3.05) is 25.6 Å². The summed E-state index contributed by atoms with van der Waals surface area (Å²) in [6.07, 6.45) is -1.04. The number of hydrogen-bond acceptors (Lipinski definition) is 7. The second kappa shape index (κ2) is 7.15. The molecule has 144 valence electrons. The van der Waals surface area contributed by atoms with Crippen molar-refractivity contribution >= 4 is 11.5 Å². The number of ether oxygens (including phenoxy) is 5. The highest BCUT2D eigenvalue weighted by Gasteiger charge is 2.47. The first kappa shape index (κ1) is 19.1. The van der Waals surface area contributed by atoms with Crippen molar-refractivity contribution in [1.29, 1.82) is 0 Å². The van der Waals surface area contributed by atoms with E-state index in [1.807, 2.05) is 38.1 Å². The molecule has 2 heterocycles. The van der Waals surface area contributed by atoms with Gasteiger partial charge in [0.05, 0.1) is 19.8 Å². The molecule has 1 aromatic carbocycles. The zero-order valence-corrected chi connectivity index (χ0v) is 15.9. The van der Waals surface area contributed by atoms with Crippen LogP contribution in [0.3, 0.4) is 0 Å². The van der Waals surface area contributed by atoms with Crippen molar-refractivity contribution in [2.45, 2.75) is 57.5 Å². The number of Topliss-reactive ketones (excluding diaryl/α,β-unsaturated/α-hetero) is 1. The van der Waals surface area contributed by atoms with E-state index in [0.717, 1.165) is 11.4 Å². The van der Waals surface area contributed by atoms with Gasteiger partial charge in [0.25, 0.3) is 0 Å². The van der Waals surface area contributed by atoms with Gasteiger partial charge in [-0.1, -0.05) is 0 Å². The zero-order valence-electron chi connectivity index (χ0n) is 15.9. The van der Waals surface area contributed by atoms with E-state index in [0.29, 0.717) is 6.61 Å². The summed E-state index contributed by atoms with van der Waals surface area (Å²) in [6, 6.07) is 7.07. The van der Waals surface area contributed by atoms with Crippen LogP contribution in [0.4, 0.5) is 5.69 Å². The Bertz CT molecular complexity index is 642. The van der Waals surface area contributed by atoms with E-state index < -0.39 is 23.7 Å². The van der Waals surface area contributed by atoms with E-state index in [9.17, 15) is 4.79 Å². The molecule has 0 bridgehead atoms. The van der Waals surface area contributed by atoms with Crippen LogP contribution < -0.4 is 10.1 Å². The van der Waals surface area contributed by atoms with Gasteiger partial charge in [0.15, 0.2) is 17.4 Å². The van der Waals surface area contributed by atoms with Crippen molar-refractivity contribution in [3.8, 4) is 5.75 Å². The van der Waals surface area contributed by atoms with Crippen molar-refractivity contribution in [3.05, 3.63) is 24.3 Å². The lowest BCUT2D eigenvalue weighted by Gasteiger charge is -2.40. The predicted octanol–water partition coefficient (Wildman–Crippen LogP) is 2.35. The molecule has 7 heteroatoms. The highest BCUT2D eigenvalue weighted by Crippen LogP contribution is 2.31. The number of anilines is 1. The topological polar surface area (TPSA) is 75.2 Å². The molecule has 3 rings (SSSR count). The lowest BCUT2D eigenvalue weighted by Crippen LogP contribution is -2.57. The van der Waals surface area contributed by atoms with Gasteiger partial charge in [-0.25, -0.2) is 0 Å². The molecule has 2 saturated heterocycles. The normalized spacial score (nSPS) is 28.6. The first-order chi connectivity index (χ1) is 12.2. The Morgan fingerprint density at radius 1 is 1.08 bits per heavy atom. The molecule has 26 heavy (non-hydrogen) atoms. The van der Waals surface area contributed by atoms with Crippen LogP contribution in [0.5, 0.6) is 5.75 Å². The molecule has 2 aliphatic heterocycles. The fourth-order valence-corrected chi connectivity index (χ4v) is 3.14.